The number of aliphatic hydroxyl groups excluding tert-OH is 1. The van der Waals surface area contributed by atoms with Gasteiger partial charge in [-0.05, 0) is 25.0 Å². The summed E-state index contributed by atoms with van der Waals surface area (Å²) in [5.74, 6) is -0.00485. The number of aliphatic hydroxyl groups is 1. The van der Waals surface area contributed by atoms with E-state index in [0.717, 1.165) is 12.8 Å². The second kappa shape index (κ2) is 5.21. The van der Waals surface area contributed by atoms with Gasteiger partial charge in [0.15, 0.2) is 5.78 Å². The first-order valence-electron chi connectivity index (χ1n) is 5.46. The predicted octanol–water partition coefficient (Wildman–Crippen LogP) is 3.71. The van der Waals surface area contributed by atoms with Gasteiger partial charge in [0.1, 0.15) is 6.10 Å². The Labute approximate surface area is 110 Å². The van der Waals surface area contributed by atoms with Gasteiger partial charge < -0.3 is 5.11 Å². The molecule has 2 rings (SSSR count). The molecule has 0 amide bonds. The molecule has 0 radical (unpaired) electrons. The van der Waals surface area contributed by atoms with Crippen molar-refractivity contribution in [2.24, 2.45) is 0 Å². The molecular formula is C13H12Cl2O2. The van der Waals surface area contributed by atoms with Crippen molar-refractivity contribution in [3.05, 3.63) is 45.5 Å². The van der Waals surface area contributed by atoms with Gasteiger partial charge in [-0.25, -0.2) is 0 Å². The molecule has 0 saturated carbocycles. The van der Waals surface area contributed by atoms with Crippen molar-refractivity contribution in [1.82, 2.24) is 0 Å². The van der Waals surface area contributed by atoms with Crippen LogP contribution < -0.4 is 0 Å². The third-order valence-corrected chi connectivity index (χ3v) is 3.41. The van der Waals surface area contributed by atoms with Gasteiger partial charge in [-0.1, -0.05) is 35.3 Å². The smallest absolute Gasteiger partial charge is 0.161 e. The monoisotopic (exact) mass is 270 g/mol. The second-order valence-corrected chi connectivity index (χ2v) is 4.89. The molecule has 0 saturated heterocycles. The normalized spacial score (nSPS) is 17.8. The van der Waals surface area contributed by atoms with E-state index in [-0.39, 0.29) is 5.78 Å². The Bertz CT molecular complexity index is 480. The fourth-order valence-corrected chi connectivity index (χ4v) is 2.45. The van der Waals surface area contributed by atoms with Crippen LogP contribution in [-0.4, -0.2) is 10.9 Å². The van der Waals surface area contributed by atoms with Gasteiger partial charge in [0.05, 0.1) is 0 Å². The zero-order valence-electron chi connectivity index (χ0n) is 9.12. The number of allylic oxidation sites excluding steroid dienone is 1. The van der Waals surface area contributed by atoms with Crippen LogP contribution in [0.3, 0.4) is 0 Å². The molecule has 0 fully saturated rings. The minimum Gasteiger partial charge on any atom is -0.383 e. The van der Waals surface area contributed by atoms with Gasteiger partial charge in [-0.2, -0.15) is 0 Å². The number of rotatable bonds is 2. The third kappa shape index (κ3) is 2.71. The molecule has 4 heteroatoms. The summed E-state index contributed by atoms with van der Waals surface area (Å²) in [6.45, 7) is 0. The maximum atomic E-state index is 11.7. The van der Waals surface area contributed by atoms with Gasteiger partial charge in [-0.3, -0.25) is 4.79 Å². The van der Waals surface area contributed by atoms with Crippen molar-refractivity contribution >= 4 is 29.0 Å². The summed E-state index contributed by atoms with van der Waals surface area (Å²) < 4.78 is 0. The van der Waals surface area contributed by atoms with Crippen LogP contribution >= 0.6 is 23.2 Å². The molecular weight excluding hydrogens is 259 g/mol. The predicted molar refractivity (Wildman–Crippen MR) is 68.4 cm³/mol. The number of halogens is 2. The van der Waals surface area contributed by atoms with Crippen molar-refractivity contribution in [3.8, 4) is 0 Å². The van der Waals surface area contributed by atoms with Crippen LogP contribution in [0, 0.1) is 0 Å². The summed E-state index contributed by atoms with van der Waals surface area (Å²) in [6.07, 6.45) is 3.01. The van der Waals surface area contributed by atoms with Crippen LogP contribution in [0.5, 0.6) is 0 Å². The number of hydrogen-bond donors (Lipinski definition) is 1. The molecule has 0 bridgehead atoms. The molecule has 17 heavy (non-hydrogen) atoms. The van der Waals surface area contributed by atoms with Crippen molar-refractivity contribution < 1.29 is 9.90 Å². The van der Waals surface area contributed by atoms with Crippen LogP contribution in [-0.2, 0) is 4.79 Å². The number of Topliss-reactive ketones (excluding diaryl/α,β-unsaturated/α-hetero) is 1. The maximum Gasteiger partial charge on any atom is 0.161 e. The standard InChI is InChI=1S/C13H12Cl2O2/c14-8-5-6-9(11(15)7-8)13(17)10-3-1-2-4-12(10)16/h3,5-7,13,17H,1-2,4H2. The Morgan fingerprint density at radius 1 is 1.29 bits per heavy atom. The Kier molecular flexibility index (Phi) is 3.87. The van der Waals surface area contributed by atoms with Gasteiger partial charge in [0.2, 0.25) is 0 Å². The van der Waals surface area contributed by atoms with E-state index >= 15 is 0 Å². The molecule has 1 aromatic carbocycles. The topological polar surface area (TPSA) is 37.3 Å². The van der Waals surface area contributed by atoms with Crippen LogP contribution in [0.4, 0.5) is 0 Å². The highest BCUT2D eigenvalue weighted by Crippen LogP contribution is 2.33. The van der Waals surface area contributed by atoms with Crippen LogP contribution in [0.2, 0.25) is 10.0 Å². The lowest BCUT2D eigenvalue weighted by molar-refractivity contribution is -0.117. The van der Waals surface area contributed by atoms with Gasteiger partial charge >= 0.3 is 0 Å². The van der Waals surface area contributed by atoms with Crippen molar-refractivity contribution in [3.63, 3.8) is 0 Å². The van der Waals surface area contributed by atoms with E-state index < -0.39 is 6.10 Å². The summed E-state index contributed by atoms with van der Waals surface area (Å²) in [4.78, 5) is 11.7. The summed E-state index contributed by atoms with van der Waals surface area (Å²) in [5.41, 5.74) is 0.970. The average molecular weight is 271 g/mol. The quantitative estimate of drug-likeness (QED) is 0.890. The largest absolute Gasteiger partial charge is 0.383 e. The van der Waals surface area contributed by atoms with Gasteiger partial charge in [0, 0.05) is 27.6 Å². The molecule has 1 aliphatic carbocycles. The highest BCUT2D eigenvalue weighted by atomic mass is 35.5. The SMILES string of the molecule is O=C1CCCC=C1C(O)c1ccc(Cl)cc1Cl. The molecule has 0 heterocycles. The molecule has 90 valence electrons. The van der Waals surface area contributed by atoms with Gasteiger partial charge in [0.25, 0.3) is 0 Å². The third-order valence-electron chi connectivity index (χ3n) is 2.85. The molecule has 1 aliphatic rings. The first-order valence-corrected chi connectivity index (χ1v) is 6.21. The Balaban J connectivity index is 2.33. The highest BCUT2D eigenvalue weighted by Gasteiger charge is 2.23. The van der Waals surface area contributed by atoms with E-state index in [0.29, 0.717) is 27.6 Å². The molecule has 2 nitrogen and oxygen atoms in total. The maximum absolute atomic E-state index is 11.7. The van der Waals surface area contributed by atoms with E-state index in [2.05, 4.69) is 0 Å². The fraction of sp³-hybridized carbons (Fsp3) is 0.308. The highest BCUT2D eigenvalue weighted by molar-refractivity contribution is 6.35. The molecule has 1 atom stereocenters. The van der Waals surface area contributed by atoms with E-state index in [4.69, 9.17) is 23.2 Å². The lowest BCUT2D eigenvalue weighted by atomic mass is 9.91. The summed E-state index contributed by atoms with van der Waals surface area (Å²) in [7, 11) is 0. The number of carbonyl (C=O) groups excluding carboxylic acids is 1. The molecule has 1 unspecified atom stereocenters. The minimum absolute atomic E-state index is 0.00485. The van der Waals surface area contributed by atoms with Crippen molar-refractivity contribution in [2.45, 2.75) is 25.4 Å². The van der Waals surface area contributed by atoms with E-state index in [1.54, 1.807) is 24.3 Å². The zero-order valence-corrected chi connectivity index (χ0v) is 10.6. The summed E-state index contributed by atoms with van der Waals surface area (Å²) in [6, 6.07) is 4.87. The van der Waals surface area contributed by atoms with E-state index in [1.807, 2.05) is 0 Å². The van der Waals surface area contributed by atoms with Gasteiger partial charge in [-0.15, -0.1) is 0 Å². The first-order chi connectivity index (χ1) is 8.09. The first kappa shape index (κ1) is 12.6. The fourth-order valence-electron chi connectivity index (χ4n) is 1.93. The molecule has 0 aromatic heterocycles. The second-order valence-electron chi connectivity index (χ2n) is 4.04. The zero-order chi connectivity index (χ0) is 12.4. The lowest BCUT2D eigenvalue weighted by Crippen LogP contribution is -2.14. The molecule has 1 aromatic rings. The summed E-state index contributed by atoms with van der Waals surface area (Å²) in [5, 5.41) is 11.1. The van der Waals surface area contributed by atoms with Crippen LogP contribution in [0.25, 0.3) is 0 Å². The van der Waals surface area contributed by atoms with E-state index in [9.17, 15) is 9.90 Å². The molecule has 0 spiro atoms. The average Bonchev–Trinajstić information content (AvgIpc) is 2.29. The Morgan fingerprint density at radius 2 is 2.06 bits per heavy atom. The molecule has 0 aliphatic heterocycles. The van der Waals surface area contributed by atoms with Crippen molar-refractivity contribution in [1.29, 1.82) is 0 Å². The van der Waals surface area contributed by atoms with Crippen LogP contribution in [0.15, 0.2) is 29.8 Å². The number of hydrogen-bond acceptors (Lipinski definition) is 2. The number of ketones is 1. The minimum atomic E-state index is -0.951. The summed E-state index contributed by atoms with van der Waals surface area (Å²) >= 11 is 11.8. The van der Waals surface area contributed by atoms with Crippen molar-refractivity contribution in [2.75, 3.05) is 0 Å². The van der Waals surface area contributed by atoms with E-state index in [1.165, 1.54) is 0 Å². The number of benzene rings is 1. The molecule has 1 N–H and O–H groups in total. The number of carbonyl (C=O) groups is 1. The van der Waals surface area contributed by atoms with Crippen LogP contribution in [0.1, 0.15) is 30.9 Å². The Hall–Kier alpha value is -0.830. The Morgan fingerprint density at radius 3 is 2.71 bits per heavy atom. The lowest BCUT2D eigenvalue weighted by Gasteiger charge is -2.18.